The van der Waals surface area contributed by atoms with Crippen molar-refractivity contribution in [3.8, 4) is 11.5 Å². The van der Waals surface area contributed by atoms with E-state index in [1.807, 2.05) is 0 Å². The molecule has 0 aliphatic rings. The summed E-state index contributed by atoms with van der Waals surface area (Å²) in [6.45, 7) is -0.0588. The van der Waals surface area contributed by atoms with Gasteiger partial charge in [0.1, 0.15) is 22.2 Å². The van der Waals surface area contributed by atoms with Crippen LogP contribution in [0.2, 0.25) is 5.02 Å². The molecule has 148 valence electrons. The summed E-state index contributed by atoms with van der Waals surface area (Å²) in [6.07, 6.45) is 1.50. The number of benzene rings is 2. The first-order chi connectivity index (χ1) is 13.4. The molecule has 3 rings (SSSR count). The smallest absolute Gasteiger partial charge is 0.267 e. The molecule has 0 aliphatic heterocycles. The molecule has 2 aromatic carbocycles. The van der Waals surface area contributed by atoms with E-state index in [1.165, 1.54) is 20.4 Å². The fourth-order valence-corrected chi connectivity index (χ4v) is 5.31. The number of hydrogen-bond donors (Lipinski definition) is 0. The second-order valence-electron chi connectivity index (χ2n) is 5.58. The Labute approximate surface area is 171 Å². The molecule has 0 atom stereocenters. The molecule has 0 saturated heterocycles. The topological polar surface area (TPSA) is 68.7 Å². The molecule has 1 heterocycles. The fraction of sp³-hybridized carbons (Fsp3) is 0.167. The van der Waals surface area contributed by atoms with Gasteiger partial charge in [-0.3, -0.25) is 0 Å². The summed E-state index contributed by atoms with van der Waals surface area (Å²) in [4.78, 5) is 3.91. The Morgan fingerprint density at radius 3 is 2.57 bits per heavy atom. The Morgan fingerprint density at radius 1 is 1.18 bits per heavy atom. The van der Waals surface area contributed by atoms with Crippen LogP contribution in [-0.4, -0.2) is 27.6 Å². The third kappa shape index (κ3) is 4.06. The van der Waals surface area contributed by atoms with Gasteiger partial charge in [0.25, 0.3) is 10.0 Å². The number of aromatic nitrogens is 1. The van der Waals surface area contributed by atoms with Crippen LogP contribution in [0.25, 0.3) is 0 Å². The van der Waals surface area contributed by atoms with Gasteiger partial charge in [0.2, 0.25) is 0 Å². The fourth-order valence-electron chi connectivity index (χ4n) is 2.53. The maximum absolute atomic E-state index is 13.4. The number of sulfonamides is 1. The van der Waals surface area contributed by atoms with E-state index in [9.17, 15) is 12.8 Å². The molecule has 3 aromatic rings. The van der Waals surface area contributed by atoms with Gasteiger partial charge in [0, 0.05) is 23.2 Å². The van der Waals surface area contributed by atoms with Gasteiger partial charge >= 0.3 is 0 Å². The van der Waals surface area contributed by atoms with Crippen molar-refractivity contribution in [1.29, 1.82) is 0 Å². The standard InChI is InChI=1S/C18H16ClFN2O4S2/c1-25-14-5-3-12(16(10-14)26-2)11-22(18-21-7-8-27-18)28(23,24)17-6-4-13(20)9-15(17)19/h3-10H,11H2,1-2H3. The molecule has 0 bridgehead atoms. The van der Waals surface area contributed by atoms with Crippen LogP contribution >= 0.6 is 22.9 Å². The molecule has 0 spiro atoms. The average Bonchev–Trinajstić information content (AvgIpc) is 3.19. The number of rotatable bonds is 7. The van der Waals surface area contributed by atoms with Crippen LogP contribution in [0.4, 0.5) is 9.52 Å². The predicted octanol–water partition coefficient (Wildman–Crippen LogP) is 4.35. The van der Waals surface area contributed by atoms with Gasteiger partial charge in [-0.05, 0) is 30.3 Å². The molecular formula is C18H16ClFN2O4S2. The first kappa shape index (κ1) is 20.4. The normalized spacial score (nSPS) is 11.3. The maximum Gasteiger partial charge on any atom is 0.267 e. The number of thiazole rings is 1. The van der Waals surface area contributed by atoms with Crippen LogP contribution in [0.3, 0.4) is 0 Å². The van der Waals surface area contributed by atoms with E-state index in [0.717, 1.165) is 33.8 Å². The van der Waals surface area contributed by atoms with Gasteiger partial charge in [-0.15, -0.1) is 11.3 Å². The van der Waals surface area contributed by atoms with Crippen LogP contribution in [0, 0.1) is 5.82 Å². The molecule has 10 heteroatoms. The van der Waals surface area contributed by atoms with E-state index >= 15 is 0 Å². The van der Waals surface area contributed by atoms with Crippen molar-refractivity contribution < 1.29 is 22.3 Å². The highest BCUT2D eigenvalue weighted by atomic mass is 35.5. The molecule has 0 fully saturated rings. The lowest BCUT2D eigenvalue weighted by Crippen LogP contribution is -2.31. The summed E-state index contributed by atoms with van der Waals surface area (Å²) >= 11 is 7.17. The number of anilines is 1. The quantitative estimate of drug-likeness (QED) is 0.544. The summed E-state index contributed by atoms with van der Waals surface area (Å²) in [5.74, 6) is 0.411. The number of halogens is 2. The van der Waals surface area contributed by atoms with Gasteiger partial charge in [-0.1, -0.05) is 11.6 Å². The van der Waals surface area contributed by atoms with E-state index in [-0.39, 0.29) is 21.6 Å². The maximum atomic E-state index is 13.4. The van der Waals surface area contributed by atoms with Crippen LogP contribution in [-0.2, 0) is 16.6 Å². The molecule has 0 N–H and O–H groups in total. The van der Waals surface area contributed by atoms with Crippen molar-refractivity contribution in [2.75, 3.05) is 18.5 Å². The molecule has 1 aromatic heterocycles. The highest BCUT2D eigenvalue weighted by Gasteiger charge is 2.30. The molecule has 0 amide bonds. The highest BCUT2D eigenvalue weighted by Crippen LogP contribution is 2.34. The van der Waals surface area contributed by atoms with E-state index in [0.29, 0.717) is 17.1 Å². The monoisotopic (exact) mass is 442 g/mol. The SMILES string of the molecule is COc1ccc(CN(c2nccs2)S(=O)(=O)c2ccc(F)cc2Cl)c(OC)c1. The minimum atomic E-state index is -4.11. The second kappa shape index (κ2) is 8.34. The van der Waals surface area contributed by atoms with E-state index in [1.54, 1.807) is 23.6 Å². The lowest BCUT2D eigenvalue weighted by molar-refractivity contribution is 0.391. The minimum Gasteiger partial charge on any atom is -0.497 e. The van der Waals surface area contributed by atoms with Gasteiger partial charge in [0.05, 0.1) is 25.8 Å². The predicted molar refractivity (Wildman–Crippen MR) is 106 cm³/mol. The lowest BCUT2D eigenvalue weighted by atomic mass is 10.2. The Balaban J connectivity index is 2.09. The zero-order chi connectivity index (χ0) is 20.3. The van der Waals surface area contributed by atoms with Crippen LogP contribution in [0.15, 0.2) is 52.9 Å². The largest absolute Gasteiger partial charge is 0.497 e. The number of methoxy groups -OCH3 is 2. The van der Waals surface area contributed by atoms with Crippen LogP contribution < -0.4 is 13.8 Å². The average molecular weight is 443 g/mol. The van der Waals surface area contributed by atoms with Crippen molar-refractivity contribution in [2.45, 2.75) is 11.4 Å². The first-order valence-corrected chi connectivity index (χ1v) is 10.6. The van der Waals surface area contributed by atoms with E-state index < -0.39 is 15.8 Å². The summed E-state index contributed by atoms with van der Waals surface area (Å²) in [5.41, 5.74) is 0.598. The van der Waals surface area contributed by atoms with E-state index in [4.69, 9.17) is 21.1 Å². The Morgan fingerprint density at radius 2 is 1.96 bits per heavy atom. The van der Waals surface area contributed by atoms with Gasteiger partial charge in [-0.2, -0.15) is 0 Å². The first-order valence-electron chi connectivity index (χ1n) is 7.95. The highest BCUT2D eigenvalue weighted by molar-refractivity contribution is 7.93. The zero-order valence-electron chi connectivity index (χ0n) is 14.9. The Kier molecular flexibility index (Phi) is 6.07. The molecule has 0 unspecified atom stereocenters. The van der Waals surface area contributed by atoms with Crippen molar-refractivity contribution in [2.24, 2.45) is 0 Å². The second-order valence-corrected chi connectivity index (χ2v) is 8.69. The number of hydrogen-bond acceptors (Lipinski definition) is 6. The van der Waals surface area contributed by atoms with Crippen molar-refractivity contribution in [1.82, 2.24) is 4.98 Å². The molecule has 0 aliphatic carbocycles. The number of nitrogens with zero attached hydrogens (tertiary/aromatic N) is 2. The van der Waals surface area contributed by atoms with Crippen molar-refractivity contribution in [3.63, 3.8) is 0 Å². The Bertz CT molecular complexity index is 1080. The molecule has 0 radical (unpaired) electrons. The summed E-state index contributed by atoms with van der Waals surface area (Å²) in [5, 5.41) is 1.71. The van der Waals surface area contributed by atoms with E-state index in [2.05, 4.69) is 4.98 Å². The van der Waals surface area contributed by atoms with Crippen molar-refractivity contribution in [3.05, 3.63) is 64.4 Å². The van der Waals surface area contributed by atoms with Gasteiger partial charge in [-0.25, -0.2) is 22.1 Å². The van der Waals surface area contributed by atoms with Gasteiger partial charge in [0.15, 0.2) is 5.13 Å². The Hall–Kier alpha value is -2.36. The third-order valence-electron chi connectivity index (χ3n) is 3.90. The zero-order valence-corrected chi connectivity index (χ0v) is 17.3. The number of ether oxygens (including phenoxy) is 2. The lowest BCUT2D eigenvalue weighted by Gasteiger charge is -2.23. The summed E-state index contributed by atoms with van der Waals surface area (Å²) in [7, 11) is -1.11. The summed E-state index contributed by atoms with van der Waals surface area (Å²) < 4.78 is 51.7. The van der Waals surface area contributed by atoms with Crippen LogP contribution in [0.5, 0.6) is 11.5 Å². The minimum absolute atomic E-state index is 0.0588. The molecule has 28 heavy (non-hydrogen) atoms. The molecule has 6 nitrogen and oxygen atoms in total. The molecular weight excluding hydrogens is 427 g/mol. The van der Waals surface area contributed by atoms with Crippen LogP contribution in [0.1, 0.15) is 5.56 Å². The van der Waals surface area contributed by atoms with Gasteiger partial charge < -0.3 is 9.47 Å². The third-order valence-corrected chi connectivity index (χ3v) is 7.03. The molecule has 0 saturated carbocycles. The van der Waals surface area contributed by atoms with Crippen molar-refractivity contribution >= 4 is 38.1 Å². The summed E-state index contributed by atoms with van der Waals surface area (Å²) in [6, 6.07) is 8.22.